The molecule has 0 bridgehead atoms. The maximum atomic E-state index is 12.1. The van der Waals surface area contributed by atoms with Gasteiger partial charge in [0.05, 0.1) is 18.6 Å². The van der Waals surface area contributed by atoms with Gasteiger partial charge in [-0.2, -0.15) is 0 Å². The molecule has 0 fully saturated rings. The Hall–Kier alpha value is -3.36. The second-order valence-corrected chi connectivity index (χ2v) is 5.83. The maximum Gasteiger partial charge on any atom is 0.414 e. The average molecular weight is 375 g/mol. The molecule has 1 aliphatic heterocycles. The predicted octanol–water partition coefficient (Wildman–Crippen LogP) is 1.82. The summed E-state index contributed by atoms with van der Waals surface area (Å²) in [5, 5.41) is 14.8. The molecule has 3 N–H and O–H groups in total. The normalized spacial score (nSPS) is 12.4. The Morgan fingerprint density at radius 1 is 1.15 bits per heavy atom. The van der Waals surface area contributed by atoms with Crippen LogP contribution in [0.5, 0.6) is 0 Å². The van der Waals surface area contributed by atoms with Crippen LogP contribution < -0.4 is 0 Å². The van der Waals surface area contributed by atoms with Gasteiger partial charge in [0.15, 0.2) is 0 Å². The number of ether oxygens (including phenoxy) is 1. The zero-order valence-corrected chi connectivity index (χ0v) is 14.8. The summed E-state index contributed by atoms with van der Waals surface area (Å²) in [5.74, 6) is -3.65. The number of H-pyrrole nitrogens is 1. The number of aromatic amines is 1. The van der Waals surface area contributed by atoms with Crippen LogP contribution in [0.4, 0.5) is 4.79 Å². The minimum Gasteiger partial charge on any atom is -0.473 e. The molecule has 27 heavy (non-hydrogen) atoms. The topological polar surface area (TPSA) is 133 Å². The number of aryl methyl sites for hydroxylation is 1. The minimum atomic E-state index is -1.82. The van der Waals surface area contributed by atoms with Crippen molar-refractivity contribution in [3.63, 3.8) is 0 Å². The third-order valence-electron chi connectivity index (χ3n) is 4.01. The number of carboxylic acid groups (broad SMARTS) is 2. The molecule has 0 unspecified atom stereocenters. The van der Waals surface area contributed by atoms with Crippen LogP contribution in [-0.2, 0) is 40.3 Å². The molecule has 0 saturated carbocycles. The van der Waals surface area contributed by atoms with Crippen molar-refractivity contribution in [2.24, 2.45) is 0 Å². The van der Waals surface area contributed by atoms with Crippen LogP contribution >= 0.6 is 0 Å². The van der Waals surface area contributed by atoms with E-state index in [9.17, 15) is 4.79 Å². The lowest BCUT2D eigenvalue weighted by atomic mass is 10.1. The van der Waals surface area contributed by atoms with Gasteiger partial charge in [0.1, 0.15) is 6.61 Å². The first-order valence-corrected chi connectivity index (χ1v) is 8.37. The number of hydrogen-bond acceptors (Lipinski definition) is 5. The van der Waals surface area contributed by atoms with E-state index in [2.05, 4.69) is 29.0 Å². The molecule has 0 atom stereocenters. The molecular weight excluding hydrogens is 354 g/mol. The molecule has 1 aromatic heterocycles. The highest BCUT2D eigenvalue weighted by Crippen LogP contribution is 2.16. The molecule has 3 rings (SSSR count). The molecule has 1 aliphatic rings. The quantitative estimate of drug-likeness (QED) is 0.697. The molecule has 0 aliphatic carbocycles. The Bertz CT molecular complexity index is 788. The number of aliphatic carboxylic acids is 2. The minimum absolute atomic E-state index is 0.275. The standard InChI is InChI=1S/C16H19N3O2.C2H2O4/c1-2-12-3-5-13(6-4-12)10-21-16(20)19-8-7-14-15(9-19)18-11-17-14;3-1(4)2(5)6/h3-6,11H,2,7-10H2,1H3,(H,17,18);(H,3,4)(H,5,6). The summed E-state index contributed by atoms with van der Waals surface area (Å²) in [6.07, 6.45) is 3.22. The van der Waals surface area contributed by atoms with Crippen LogP contribution in [0.25, 0.3) is 0 Å². The van der Waals surface area contributed by atoms with E-state index in [1.165, 1.54) is 5.56 Å². The fraction of sp³-hybridized carbons (Fsp3) is 0.333. The van der Waals surface area contributed by atoms with Crippen molar-refractivity contribution >= 4 is 18.0 Å². The number of carboxylic acids is 2. The third kappa shape index (κ3) is 5.84. The summed E-state index contributed by atoms with van der Waals surface area (Å²) in [6, 6.07) is 8.16. The lowest BCUT2D eigenvalue weighted by Crippen LogP contribution is -2.36. The van der Waals surface area contributed by atoms with E-state index in [0.29, 0.717) is 19.7 Å². The number of carbonyl (C=O) groups is 3. The van der Waals surface area contributed by atoms with E-state index in [4.69, 9.17) is 24.5 Å². The van der Waals surface area contributed by atoms with Crippen LogP contribution in [-0.4, -0.2) is 49.7 Å². The van der Waals surface area contributed by atoms with Crippen molar-refractivity contribution in [2.75, 3.05) is 6.54 Å². The van der Waals surface area contributed by atoms with Crippen molar-refractivity contribution in [1.82, 2.24) is 14.9 Å². The molecule has 0 radical (unpaired) electrons. The zero-order valence-electron chi connectivity index (χ0n) is 14.8. The summed E-state index contributed by atoms with van der Waals surface area (Å²) in [7, 11) is 0. The largest absolute Gasteiger partial charge is 0.473 e. The number of benzene rings is 1. The Morgan fingerprint density at radius 3 is 2.37 bits per heavy atom. The van der Waals surface area contributed by atoms with Crippen molar-refractivity contribution in [1.29, 1.82) is 0 Å². The highest BCUT2D eigenvalue weighted by molar-refractivity contribution is 6.27. The Kier molecular flexibility index (Phi) is 6.93. The van der Waals surface area contributed by atoms with E-state index in [0.717, 1.165) is 29.8 Å². The molecule has 144 valence electrons. The lowest BCUT2D eigenvalue weighted by Gasteiger charge is -2.25. The average Bonchev–Trinajstić information content (AvgIpc) is 3.14. The number of aromatic nitrogens is 2. The van der Waals surface area contributed by atoms with Crippen molar-refractivity contribution < 1.29 is 29.3 Å². The molecule has 1 aromatic carbocycles. The smallest absolute Gasteiger partial charge is 0.414 e. The van der Waals surface area contributed by atoms with Gasteiger partial charge in [-0.1, -0.05) is 31.2 Å². The van der Waals surface area contributed by atoms with Crippen LogP contribution in [0.1, 0.15) is 29.4 Å². The fourth-order valence-corrected chi connectivity index (χ4v) is 2.47. The van der Waals surface area contributed by atoms with Crippen molar-refractivity contribution in [3.05, 3.63) is 53.1 Å². The van der Waals surface area contributed by atoms with Crippen LogP contribution in [0.3, 0.4) is 0 Å². The molecule has 2 aromatic rings. The summed E-state index contributed by atoms with van der Waals surface area (Å²) in [6.45, 7) is 3.62. The molecule has 0 saturated heterocycles. The van der Waals surface area contributed by atoms with Gasteiger partial charge in [0.2, 0.25) is 0 Å². The van der Waals surface area contributed by atoms with E-state index in [1.807, 2.05) is 12.1 Å². The number of nitrogens with one attached hydrogen (secondary N) is 1. The number of hydrogen-bond donors (Lipinski definition) is 3. The molecule has 9 heteroatoms. The Balaban J connectivity index is 0.000000380. The molecule has 0 spiro atoms. The number of imidazole rings is 1. The molecule has 2 heterocycles. The van der Waals surface area contributed by atoms with E-state index >= 15 is 0 Å². The summed E-state index contributed by atoms with van der Waals surface area (Å²) in [5.41, 5.74) is 4.35. The van der Waals surface area contributed by atoms with Crippen molar-refractivity contribution in [2.45, 2.75) is 32.9 Å². The first-order chi connectivity index (χ1) is 12.9. The number of amides is 1. The molecular formula is C18H21N3O6. The van der Waals surface area contributed by atoms with E-state index in [-0.39, 0.29) is 6.09 Å². The second-order valence-electron chi connectivity index (χ2n) is 5.83. The lowest BCUT2D eigenvalue weighted by molar-refractivity contribution is -0.159. The maximum absolute atomic E-state index is 12.1. The highest BCUT2D eigenvalue weighted by Gasteiger charge is 2.23. The second kappa shape index (κ2) is 9.37. The monoisotopic (exact) mass is 375 g/mol. The molecule has 9 nitrogen and oxygen atoms in total. The fourth-order valence-electron chi connectivity index (χ4n) is 2.47. The number of carbonyl (C=O) groups excluding carboxylic acids is 1. The molecule has 1 amide bonds. The van der Waals surface area contributed by atoms with Crippen molar-refractivity contribution in [3.8, 4) is 0 Å². The summed E-state index contributed by atoms with van der Waals surface area (Å²) >= 11 is 0. The van der Waals surface area contributed by atoms with Crippen LogP contribution in [0.2, 0.25) is 0 Å². The number of rotatable bonds is 3. The van der Waals surface area contributed by atoms with E-state index in [1.54, 1.807) is 11.2 Å². The highest BCUT2D eigenvalue weighted by atomic mass is 16.6. The summed E-state index contributed by atoms with van der Waals surface area (Å²) < 4.78 is 5.38. The van der Waals surface area contributed by atoms with E-state index < -0.39 is 11.9 Å². The van der Waals surface area contributed by atoms with Gasteiger partial charge in [-0.25, -0.2) is 19.4 Å². The van der Waals surface area contributed by atoms with Gasteiger partial charge in [-0.3, -0.25) is 0 Å². The first-order valence-electron chi connectivity index (χ1n) is 8.37. The third-order valence-corrected chi connectivity index (χ3v) is 4.01. The Morgan fingerprint density at radius 2 is 1.78 bits per heavy atom. The Labute approximate surface area is 155 Å². The van der Waals surface area contributed by atoms with Crippen LogP contribution in [0, 0.1) is 0 Å². The SMILES string of the molecule is CCc1ccc(COC(=O)N2CCc3[nH]cnc3C2)cc1.O=C(O)C(=O)O. The van der Waals surface area contributed by atoms with Crippen LogP contribution in [0.15, 0.2) is 30.6 Å². The predicted molar refractivity (Wildman–Crippen MR) is 94.0 cm³/mol. The van der Waals surface area contributed by atoms with Gasteiger partial charge in [-0.05, 0) is 17.5 Å². The summed E-state index contributed by atoms with van der Waals surface area (Å²) in [4.78, 5) is 39.3. The van der Waals surface area contributed by atoms with Gasteiger partial charge in [0.25, 0.3) is 0 Å². The first kappa shape index (κ1) is 20.0. The van der Waals surface area contributed by atoms with Gasteiger partial charge in [0, 0.05) is 18.7 Å². The number of fused-ring (bicyclic) bond motifs is 1. The van der Waals surface area contributed by atoms with Gasteiger partial charge >= 0.3 is 18.0 Å². The van der Waals surface area contributed by atoms with Gasteiger partial charge < -0.3 is 24.8 Å². The number of nitrogens with zero attached hydrogens (tertiary/aromatic N) is 2. The zero-order chi connectivity index (χ0) is 19.8. The van der Waals surface area contributed by atoms with Gasteiger partial charge in [-0.15, -0.1) is 0 Å².